The van der Waals surface area contributed by atoms with Gasteiger partial charge in [0.1, 0.15) is 11.6 Å². The molecular weight excluding hydrogens is 230 g/mol. The van der Waals surface area contributed by atoms with Gasteiger partial charge >= 0.3 is 5.97 Å². The van der Waals surface area contributed by atoms with Crippen LogP contribution in [-0.4, -0.2) is 36.9 Å². The van der Waals surface area contributed by atoms with E-state index in [0.717, 1.165) is 5.01 Å². The number of ether oxygens (including phenoxy) is 2. The fraction of sp³-hybridized carbons (Fsp3) is 0.667. The number of nitrogens with zero attached hydrogens (tertiary/aromatic N) is 2. The molecule has 0 saturated heterocycles. The summed E-state index contributed by atoms with van der Waals surface area (Å²) >= 11 is 1.41. The maximum absolute atomic E-state index is 11.1. The van der Waals surface area contributed by atoms with Gasteiger partial charge in [0.15, 0.2) is 0 Å². The molecule has 7 heteroatoms. The third-order valence-corrected chi connectivity index (χ3v) is 2.75. The highest BCUT2D eigenvalue weighted by Crippen LogP contribution is 2.16. The van der Waals surface area contributed by atoms with E-state index in [9.17, 15) is 4.79 Å². The van der Waals surface area contributed by atoms with Crippen LogP contribution in [0.2, 0.25) is 0 Å². The maximum atomic E-state index is 11.1. The average molecular weight is 245 g/mol. The number of hydrogen-bond donors (Lipinski definition) is 1. The Morgan fingerprint density at radius 2 is 2.25 bits per heavy atom. The summed E-state index contributed by atoms with van der Waals surface area (Å²) in [5.41, 5.74) is 0. The third-order valence-electron chi connectivity index (χ3n) is 1.90. The average Bonchev–Trinajstić information content (AvgIpc) is 2.73. The Bertz CT molecular complexity index is 342. The molecule has 6 nitrogen and oxygen atoms in total. The Morgan fingerprint density at radius 3 is 2.88 bits per heavy atom. The molecule has 1 aromatic heterocycles. The summed E-state index contributed by atoms with van der Waals surface area (Å²) in [6, 6.07) is 0. The lowest BCUT2D eigenvalue weighted by molar-refractivity contribution is -0.144. The van der Waals surface area contributed by atoms with Crippen molar-refractivity contribution in [3.8, 4) is 0 Å². The molecule has 1 heterocycles. The lowest BCUT2D eigenvalue weighted by Crippen LogP contribution is -2.21. The van der Waals surface area contributed by atoms with Crippen LogP contribution in [0.25, 0.3) is 0 Å². The topological polar surface area (TPSA) is 73.3 Å². The molecule has 1 N–H and O–H groups in total. The fourth-order valence-electron chi connectivity index (χ4n) is 1.03. The van der Waals surface area contributed by atoms with Crippen LogP contribution in [0.1, 0.15) is 11.9 Å². The van der Waals surface area contributed by atoms with Gasteiger partial charge in [-0.25, -0.2) is 0 Å². The number of carbonyl (C=O) groups is 1. The van der Waals surface area contributed by atoms with Crippen molar-refractivity contribution in [2.75, 3.05) is 26.1 Å². The summed E-state index contributed by atoms with van der Waals surface area (Å²) in [5.74, 6) is -0.450. The molecule has 1 rings (SSSR count). The van der Waals surface area contributed by atoms with Crippen LogP contribution >= 0.6 is 11.3 Å². The van der Waals surface area contributed by atoms with Crippen molar-refractivity contribution in [1.82, 2.24) is 10.2 Å². The summed E-state index contributed by atoms with van der Waals surface area (Å²) < 4.78 is 9.54. The second-order valence-electron chi connectivity index (χ2n) is 3.24. The quantitative estimate of drug-likeness (QED) is 0.751. The van der Waals surface area contributed by atoms with Gasteiger partial charge in [0.2, 0.25) is 5.13 Å². The summed E-state index contributed by atoms with van der Waals surface area (Å²) in [6.07, 6.45) is 0. The van der Waals surface area contributed by atoms with E-state index in [0.29, 0.717) is 18.3 Å². The number of aromatic nitrogens is 2. The van der Waals surface area contributed by atoms with Gasteiger partial charge in [-0.3, -0.25) is 4.79 Å². The molecular formula is C9H15N3O3S. The molecule has 0 aromatic carbocycles. The Hall–Kier alpha value is -1.21. The van der Waals surface area contributed by atoms with E-state index in [2.05, 4.69) is 20.3 Å². The highest BCUT2D eigenvalue weighted by molar-refractivity contribution is 7.15. The molecule has 0 saturated carbocycles. The first-order chi connectivity index (χ1) is 7.67. The van der Waals surface area contributed by atoms with Gasteiger partial charge in [-0.2, -0.15) is 0 Å². The molecule has 1 unspecified atom stereocenters. The van der Waals surface area contributed by atoms with E-state index >= 15 is 0 Å². The number of hydrogen-bond acceptors (Lipinski definition) is 7. The van der Waals surface area contributed by atoms with Gasteiger partial charge in [0.25, 0.3) is 0 Å². The fourth-order valence-corrected chi connectivity index (χ4v) is 1.75. The highest BCUT2D eigenvalue weighted by atomic mass is 32.1. The number of nitrogens with one attached hydrogen (secondary N) is 1. The largest absolute Gasteiger partial charge is 0.469 e. The molecule has 1 aromatic rings. The van der Waals surface area contributed by atoms with E-state index in [4.69, 9.17) is 4.74 Å². The monoisotopic (exact) mass is 245 g/mol. The minimum absolute atomic E-state index is 0.209. The van der Waals surface area contributed by atoms with Gasteiger partial charge in [0.05, 0.1) is 13.0 Å². The van der Waals surface area contributed by atoms with Crippen LogP contribution in [0.4, 0.5) is 5.13 Å². The molecule has 0 aliphatic heterocycles. The number of anilines is 1. The minimum Gasteiger partial charge on any atom is -0.469 e. The van der Waals surface area contributed by atoms with E-state index in [1.54, 1.807) is 14.0 Å². The Labute approximate surface area is 98.0 Å². The van der Waals surface area contributed by atoms with Crippen molar-refractivity contribution >= 4 is 22.4 Å². The molecule has 0 bridgehead atoms. The second kappa shape index (κ2) is 6.39. The van der Waals surface area contributed by atoms with E-state index in [1.807, 2.05) is 0 Å². The van der Waals surface area contributed by atoms with Crippen molar-refractivity contribution in [2.24, 2.45) is 5.92 Å². The van der Waals surface area contributed by atoms with E-state index in [1.165, 1.54) is 18.4 Å². The number of carbonyl (C=O) groups excluding carboxylic acids is 1. The molecule has 0 aliphatic carbocycles. The number of rotatable bonds is 6. The van der Waals surface area contributed by atoms with Gasteiger partial charge in [-0.15, -0.1) is 10.2 Å². The first kappa shape index (κ1) is 12.9. The Balaban J connectivity index is 2.39. The van der Waals surface area contributed by atoms with Crippen molar-refractivity contribution < 1.29 is 14.3 Å². The predicted molar refractivity (Wildman–Crippen MR) is 60.3 cm³/mol. The van der Waals surface area contributed by atoms with Crippen LogP contribution in [0.5, 0.6) is 0 Å². The first-order valence-corrected chi connectivity index (χ1v) is 5.62. The van der Waals surface area contributed by atoms with Crippen LogP contribution in [0, 0.1) is 5.92 Å². The zero-order valence-electron chi connectivity index (χ0n) is 9.52. The van der Waals surface area contributed by atoms with Crippen LogP contribution in [0.15, 0.2) is 0 Å². The maximum Gasteiger partial charge on any atom is 0.310 e. The van der Waals surface area contributed by atoms with Gasteiger partial charge < -0.3 is 14.8 Å². The third kappa shape index (κ3) is 3.74. The standard InChI is InChI=1S/C9H15N3O3S/c1-6(8(13)15-3)4-10-9-12-11-7(16-9)5-14-2/h6H,4-5H2,1-3H3,(H,10,12). The van der Waals surface area contributed by atoms with Crippen molar-refractivity contribution in [3.05, 3.63) is 5.01 Å². The molecule has 0 amide bonds. The minimum atomic E-state index is -0.242. The van der Waals surface area contributed by atoms with Crippen LogP contribution in [-0.2, 0) is 20.9 Å². The SMILES string of the molecule is COCc1nnc(NCC(C)C(=O)OC)s1. The lowest BCUT2D eigenvalue weighted by Gasteiger charge is -2.08. The molecule has 0 spiro atoms. The highest BCUT2D eigenvalue weighted by Gasteiger charge is 2.13. The molecule has 0 fully saturated rings. The zero-order valence-corrected chi connectivity index (χ0v) is 10.3. The molecule has 0 radical (unpaired) electrons. The summed E-state index contributed by atoms with van der Waals surface area (Å²) in [5, 5.41) is 12.3. The van der Waals surface area contributed by atoms with E-state index in [-0.39, 0.29) is 11.9 Å². The van der Waals surface area contributed by atoms with Crippen LogP contribution < -0.4 is 5.32 Å². The molecule has 16 heavy (non-hydrogen) atoms. The molecule has 90 valence electrons. The van der Waals surface area contributed by atoms with Crippen LogP contribution in [0.3, 0.4) is 0 Å². The lowest BCUT2D eigenvalue weighted by atomic mass is 10.2. The first-order valence-electron chi connectivity index (χ1n) is 4.80. The van der Waals surface area contributed by atoms with Gasteiger partial charge in [-0.05, 0) is 0 Å². The number of esters is 1. The summed E-state index contributed by atoms with van der Waals surface area (Å²) in [4.78, 5) is 11.1. The van der Waals surface area contributed by atoms with Gasteiger partial charge in [0, 0.05) is 13.7 Å². The summed E-state index contributed by atoms with van der Waals surface area (Å²) in [6.45, 7) is 2.72. The smallest absolute Gasteiger partial charge is 0.310 e. The van der Waals surface area contributed by atoms with Crippen molar-refractivity contribution in [3.63, 3.8) is 0 Å². The van der Waals surface area contributed by atoms with Gasteiger partial charge in [-0.1, -0.05) is 18.3 Å². The normalized spacial score (nSPS) is 12.2. The van der Waals surface area contributed by atoms with Crippen molar-refractivity contribution in [2.45, 2.75) is 13.5 Å². The zero-order chi connectivity index (χ0) is 12.0. The second-order valence-corrected chi connectivity index (χ2v) is 4.30. The molecule has 0 aliphatic rings. The van der Waals surface area contributed by atoms with E-state index < -0.39 is 0 Å². The van der Waals surface area contributed by atoms with Crippen molar-refractivity contribution in [1.29, 1.82) is 0 Å². The number of methoxy groups -OCH3 is 2. The predicted octanol–water partition coefficient (Wildman–Crippen LogP) is 0.905. The molecule has 1 atom stereocenters. The Morgan fingerprint density at radius 1 is 1.50 bits per heavy atom. The Kier molecular flexibility index (Phi) is 5.13. The summed E-state index contributed by atoms with van der Waals surface area (Å²) in [7, 11) is 2.98.